The number of cyclic esters (lactones) is 2. The lowest BCUT2D eigenvalue weighted by atomic mass is 9.57. The fourth-order valence-electron chi connectivity index (χ4n) is 3.75. The maximum Gasteiger partial charge on any atom is 0.329 e. The molecule has 0 spiro atoms. The Kier molecular flexibility index (Phi) is 2.99. The number of rotatable bonds is 3. The Morgan fingerprint density at radius 2 is 1.95 bits per heavy atom. The molecule has 3 rings (SSSR count). The van der Waals surface area contributed by atoms with Gasteiger partial charge in [0.2, 0.25) is 5.91 Å². The highest BCUT2D eigenvalue weighted by atomic mass is 16.6. The van der Waals surface area contributed by atoms with Gasteiger partial charge in [0.25, 0.3) is 0 Å². The normalized spacial score (nSPS) is 32.7. The molecule has 1 aromatic rings. The van der Waals surface area contributed by atoms with Gasteiger partial charge in [-0.2, -0.15) is 0 Å². The second-order valence-corrected chi connectivity index (χ2v) is 6.80. The van der Waals surface area contributed by atoms with E-state index in [1.165, 1.54) is 6.26 Å². The standard InChI is InChI=1S/C16H19NO5/c1-14(2)15(3)6-7-16(14,13(20)22-12(15)19)11(18)17-9-10-5-4-8-21-10/h4-5,8H,6-7,9H2,1-3H3,(H,17,18). The average molecular weight is 305 g/mol. The molecule has 6 nitrogen and oxygen atoms in total. The number of fused-ring (bicyclic) bond motifs is 2. The number of furan rings is 1. The Hall–Kier alpha value is -2.11. The van der Waals surface area contributed by atoms with Crippen molar-refractivity contribution < 1.29 is 23.5 Å². The molecule has 1 saturated heterocycles. The van der Waals surface area contributed by atoms with E-state index in [9.17, 15) is 14.4 Å². The van der Waals surface area contributed by atoms with Crippen LogP contribution in [0.5, 0.6) is 0 Å². The molecule has 1 aliphatic heterocycles. The van der Waals surface area contributed by atoms with E-state index in [-0.39, 0.29) is 6.54 Å². The molecule has 2 heterocycles. The van der Waals surface area contributed by atoms with E-state index in [4.69, 9.17) is 9.15 Å². The summed E-state index contributed by atoms with van der Waals surface area (Å²) in [6, 6.07) is 3.47. The van der Waals surface area contributed by atoms with Crippen molar-refractivity contribution in [3.8, 4) is 0 Å². The lowest BCUT2D eigenvalue weighted by Gasteiger charge is -2.48. The van der Waals surface area contributed by atoms with Gasteiger partial charge in [0, 0.05) is 5.41 Å². The molecule has 2 atom stereocenters. The highest BCUT2D eigenvalue weighted by Gasteiger charge is 2.75. The van der Waals surface area contributed by atoms with Crippen LogP contribution >= 0.6 is 0 Å². The number of nitrogens with one attached hydrogen (secondary N) is 1. The van der Waals surface area contributed by atoms with E-state index in [2.05, 4.69) is 5.32 Å². The average Bonchev–Trinajstić information content (AvgIpc) is 3.00. The van der Waals surface area contributed by atoms with Crippen LogP contribution in [0.4, 0.5) is 0 Å². The number of ether oxygens (including phenoxy) is 1. The van der Waals surface area contributed by atoms with E-state index in [1.807, 2.05) is 0 Å². The minimum atomic E-state index is -1.33. The molecule has 6 heteroatoms. The van der Waals surface area contributed by atoms with Crippen molar-refractivity contribution in [3.05, 3.63) is 24.2 Å². The van der Waals surface area contributed by atoms with Gasteiger partial charge in [0.1, 0.15) is 5.76 Å². The van der Waals surface area contributed by atoms with Crippen LogP contribution in [0.3, 0.4) is 0 Å². The van der Waals surface area contributed by atoms with Crippen LogP contribution in [-0.2, 0) is 25.7 Å². The summed E-state index contributed by atoms with van der Waals surface area (Å²) in [6.45, 7) is 5.56. The number of carbonyl (C=O) groups is 3. The molecule has 1 aromatic heterocycles. The second-order valence-electron chi connectivity index (χ2n) is 6.80. The van der Waals surface area contributed by atoms with Crippen LogP contribution in [0.15, 0.2) is 22.8 Å². The summed E-state index contributed by atoms with van der Waals surface area (Å²) in [6.07, 6.45) is 2.29. The van der Waals surface area contributed by atoms with Crippen LogP contribution in [0.2, 0.25) is 0 Å². The van der Waals surface area contributed by atoms with Crippen molar-refractivity contribution in [1.82, 2.24) is 5.32 Å². The van der Waals surface area contributed by atoms with Crippen molar-refractivity contribution in [1.29, 1.82) is 0 Å². The molecule has 1 N–H and O–H groups in total. The quantitative estimate of drug-likeness (QED) is 0.679. The first-order valence-electron chi connectivity index (χ1n) is 7.33. The van der Waals surface area contributed by atoms with E-state index < -0.39 is 34.1 Å². The van der Waals surface area contributed by atoms with Crippen LogP contribution in [0.25, 0.3) is 0 Å². The van der Waals surface area contributed by atoms with Crippen LogP contribution in [0.1, 0.15) is 39.4 Å². The monoisotopic (exact) mass is 305 g/mol. The molecule has 0 radical (unpaired) electrons. The van der Waals surface area contributed by atoms with Crippen molar-refractivity contribution in [2.75, 3.05) is 0 Å². The number of esters is 2. The van der Waals surface area contributed by atoms with Crippen LogP contribution in [-0.4, -0.2) is 17.8 Å². The van der Waals surface area contributed by atoms with Crippen molar-refractivity contribution in [2.45, 2.75) is 40.2 Å². The van der Waals surface area contributed by atoms with Crippen LogP contribution < -0.4 is 5.32 Å². The summed E-state index contributed by atoms with van der Waals surface area (Å²) in [7, 11) is 0. The van der Waals surface area contributed by atoms with Gasteiger partial charge in [-0.1, -0.05) is 13.8 Å². The van der Waals surface area contributed by atoms with Gasteiger partial charge in [-0.15, -0.1) is 0 Å². The zero-order chi connectivity index (χ0) is 16.2. The Labute approximate surface area is 128 Å². The van der Waals surface area contributed by atoms with Gasteiger partial charge in [-0.3, -0.25) is 14.4 Å². The summed E-state index contributed by atoms with van der Waals surface area (Å²) < 4.78 is 10.1. The smallest absolute Gasteiger partial charge is 0.329 e. The van der Waals surface area contributed by atoms with Crippen LogP contribution in [0, 0.1) is 16.2 Å². The third-order valence-corrected chi connectivity index (χ3v) is 5.82. The number of hydrogen-bond donors (Lipinski definition) is 1. The highest BCUT2D eigenvalue weighted by molar-refractivity contribution is 6.11. The van der Waals surface area contributed by atoms with Gasteiger partial charge in [0.15, 0.2) is 5.41 Å². The molecule has 22 heavy (non-hydrogen) atoms. The molecular formula is C16H19NO5. The molecule has 1 saturated carbocycles. The summed E-state index contributed by atoms with van der Waals surface area (Å²) in [5.41, 5.74) is -2.97. The molecule has 2 aliphatic rings. The largest absolute Gasteiger partial charge is 0.467 e. The number of amides is 1. The minimum Gasteiger partial charge on any atom is -0.467 e. The van der Waals surface area contributed by atoms with Gasteiger partial charge in [-0.05, 0) is 31.9 Å². The molecular weight excluding hydrogens is 286 g/mol. The second kappa shape index (κ2) is 4.44. The Morgan fingerprint density at radius 1 is 1.23 bits per heavy atom. The summed E-state index contributed by atoms with van der Waals surface area (Å²) >= 11 is 0. The highest BCUT2D eigenvalue weighted by Crippen LogP contribution is 2.66. The van der Waals surface area contributed by atoms with Gasteiger partial charge in [-0.25, -0.2) is 0 Å². The third kappa shape index (κ3) is 1.58. The zero-order valence-electron chi connectivity index (χ0n) is 12.9. The summed E-state index contributed by atoms with van der Waals surface area (Å²) in [5.74, 6) is -1.08. The third-order valence-electron chi connectivity index (χ3n) is 5.82. The first kappa shape index (κ1) is 14.8. The minimum absolute atomic E-state index is 0.196. The molecule has 0 aromatic carbocycles. The molecule has 1 amide bonds. The van der Waals surface area contributed by atoms with E-state index >= 15 is 0 Å². The van der Waals surface area contributed by atoms with Gasteiger partial charge >= 0.3 is 11.9 Å². The van der Waals surface area contributed by atoms with Gasteiger partial charge in [0.05, 0.1) is 18.2 Å². The van der Waals surface area contributed by atoms with E-state index in [0.717, 1.165) is 0 Å². The fourth-order valence-corrected chi connectivity index (χ4v) is 3.75. The Morgan fingerprint density at radius 3 is 2.59 bits per heavy atom. The lowest BCUT2D eigenvalue weighted by molar-refractivity contribution is -0.196. The molecule has 2 fully saturated rings. The van der Waals surface area contributed by atoms with Crippen molar-refractivity contribution >= 4 is 17.8 Å². The molecule has 118 valence electrons. The Bertz CT molecular complexity index is 648. The number of carbonyl (C=O) groups excluding carboxylic acids is 3. The lowest BCUT2D eigenvalue weighted by Crippen LogP contribution is -2.62. The number of hydrogen-bond acceptors (Lipinski definition) is 5. The predicted molar refractivity (Wildman–Crippen MR) is 75.2 cm³/mol. The fraction of sp³-hybridized carbons (Fsp3) is 0.562. The maximum atomic E-state index is 12.8. The van der Waals surface area contributed by atoms with Gasteiger partial charge < -0.3 is 14.5 Å². The van der Waals surface area contributed by atoms with Crippen molar-refractivity contribution in [3.63, 3.8) is 0 Å². The Balaban J connectivity index is 1.92. The maximum absolute atomic E-state index is 12.8. The molecule has 2 unspecified atom stereocenters. The predicted octanol–water partition coefficient (Wildman–Crippen LogP) is 1.79. The molecule has 1 aliphatic carbocycles. The summed E-state index contributed by atoms with van der Waals surface area (Å²) in [4.78, 5) is 37.3. The van der Waals surface area contributed by atoms with E-state index in [1.54, 1.807) is 32.9 Å². The summed E-state index contributed by atoms with van der Waals surface area (Å²) in [5, 5.41) is 2.75. The van der Waals surface area contributed by atoms with E-state index in [0.29, 0.717) is 18.6 Å². The first-order chi connectivity index (χ1) is 10.3. The zero-order valence-corrected chi connectivity index (χ0v) is 12.9. The molecule has 2 bridgehead atoms. The topological polar surface area (TPSA) is 85.6 Å². The van der Waals surface area contributed by atoms with Crippen molar-refractivity contribution in [2.24, 2.45) is 16.2 Å². The SMILES string of the molecule is CC12CCC(C(=O)NCc3ccco3)(C(=O)OC1=O)C2(C)C. The first-order valence-corrected chi connectivity index (χ1v) is 7.33.